The van der Waals surface area contributed by atoms with Crippen molar-refractivity contribution in [2.75, 3.05) is 0 Å². The quantitative estimate of drug-likeness (QED) is 0.184. The van der Waals surface area contributed by atoms with Gasteiger partial charge in [0, 0.05) is 0 Å². The van der Waals surface area contributed by atoms with E-state index in [2.05, 4.69) is 0 Å². The van der Waals surface area contributed by atoms with Gasteiger partial charge >= 0.3 is 22.0 Å². The van der Waals surface area contributed by atoms with Gasteiger partial charge in [0.15, 0.2) is 0 Å². The smallest absolute Gasteiger partial charge is 0.218 e. The number of hydrogen-bond donors (Lipinski definition) is 0. The summed E-state index contributed by atoms with van der Waals surface area (Å²) < 4.78 is 238. The molecule has 0 fully saturated rings. The van der Waals surface area contributed by atoms with Gasteiger partial charge in [0.1, 0.15) is 0 Å². The van der Waals surface area contributed by atoms with E-state index in [4.69, 9.17) is 0 Å². The largest absolute Gasteiger partial charge is 0.499 e. The first-order valence-electron chi connectivity index (χ1n) is 12.6. The number of alkyl halides is 12. The van der Waals surface area contributed by atoms with E-state index >= 15 is 0 Å². The lowest BCUT2D eigenvalue weighted by molar-refractivity contribution is -0.0483. The summed E-state index contributed by atoms with van der Waals surface area (Å²) in [6.07, 6.45) is 0. The molecule has 0 heterocycles. The Hall–Kier alpha value is -3.64. The fraction of sp³-hybridized carbons (Fsp3) is 0.231. The fourth-order valence-corrected chi connectivity index (χ4v) is 11.2. The van der Waals surface area contributed by atoms with Gasteiger partial charge in [0.2, 0.25) is 9.16 Å². The van der Waals surface area contributed by atoms with E-state index in [9.17, 15) is 86.4 Å². The molecule has 0 saturated carbocycles. The molecule has 50 heavy (non-hydrogen) atoms. The highest BCUT2D eigenvalue weighted by molar-refractivity contribution is 8.09. The molecule has 0 amide bonds. The predicted molar refractivity (Wildman–Crippen MR) is 153 cm³/mol. The third-order valence-electron chi connectivity index (χ3n) is 6.51. The lowest BCUT2D eigenvalue weighted by Crippen LogP contribution is -2.39. The van der Waals surface area contributed by atoms with Gasteiger partial charge in [-0.3, -0.25) is 0 Å². The number of fused-ring (bicyclic) bond motifs is 2. The zero-order valence-electron chi connectivity index (χ0n) is 23.7. The highest BCUT2D eigenvalue weighted by atomic mass is 32.3. The van der Waals surface area contributed by atoms with Gasteiger partial charge < -0.3 is 0 Å². The predicted octanol–water partition coefficient (Wildman–Crippen LogP) is 7.42. The van der Waals surface area contributed by atoms with E-state index in [0.29, 0.717) is 35.0 Å². The van der Waals surface area contributed by atoms with Crippen LogP contribution in [0.25, 0.3) is 21.5 Å². The van der Waals surface area contributed by atoms with Crippen LogP contribution in [-0.2, 0) is 39.3 Å². The van der Waals surface area contributed by atoms with Crippen molar-refractivity contribution in [3.8, 4) is 0 Å². The molecule has 4 aromatic carbocycles. The number of rotatable bonds is 6. The summed E-state index contributed by atoms with van der Waals surface area (Å²) >= 11 is 0. The van der Waals surface area contributed by atoms with Gasteiger partial charge in [-0.2, -0.15) is 52.7 Å². The summed E-state index contributed by atoms with van der Waals surface area (Å²) in [7, 11) is -26.8. The molecule has 4 aromatic rings. The minimum atomic E-state index is -6.71. The number of benzene rings is 4. The molecule has 0 N–H and O–H groups in total. The highest BCUT2D eigenvalue weighted by Gasteiger charge is 2.64. The van der Waals surface area contributed by atoms with E-state index < -0.39 is 81.7 Å². The maximum absolute atomic E-state index is 12.8. The Morgan fingerprint density at radius 2 is 0.560 bits per heavy atom. The van der Waals surface area contributed by atoms with Crippen LogP contribution in [0.1, 0.15) is 20.3 Å². The first-order valence-corrected chi connectivity index (χ1v) is 18.8. The molecule has 0 aromatic heterocycles. The zero-order chi connectivity index (χ0) is 38.5. The average molecular weight is 813 g/mol. The Labute approximate surface area is 274 Å². The number of hydrogen-bond acceptors (Lipinski definition) is 8. The van der Waals surface area contributed by atoms with Crippen molar-refractivity contribution in [2.24, 2.45) is 0 Å². The summed E-state index contributed by atoms with van der Waals surface area (Å²) in [5.74, 6) is 0. The van der Waals surface area contributed by atoms with Crippen LogP contribution in [0.3, 0.4) is 0 Å². The first kappa shape index (κ1) is 40.8. The average Bonchev–Trinajstić information content (AvgIpc) is 2.94. The number of sulfone groups is 4. The van der Waals surface area contributed by atoms with Crippen LogP contribution in [0.4, 0.5) is 52.7 Å². The highest BCUT2D eigenvalue weighted by Crippen LogP contribution is 2.46. The number of halogens is 12. The van der Waals surface area contributed by atoms with Crippen LogP contribution in [0, 0.1) is 0 Å². The molecule has 0 radical (unpaired) electrons. The molecule has 0 aliphatic rings. The van der Waals surface area contributed by atoms with Gasteiger partial charge in [0.05, 0.1) is 0 Å². The molecule has 0 aliphatic carbocycles. The molecule has 0 spiro atoms. The lowest BCUT2D eigenvalue weighted by Gasteiger charge is -2.21. The van der Waals surface area contributed by atoms with Crippen LogP contribution in [0.2, 0.25) is 0 Å². The lowest BCUT2D eigenvalue weighted by atomic mass is 10.1. The van der Waals surface area contributed by atoms with Crippen LogP contribution >= 0.6 is 0 Å². The first-order chi connectivity index (χ1) is 22.4. The fourth-order valence-electron chi connectivity index (χ4n) is 4.24. The van der Waals surface area contributed by atoms with Crippen molar-refractivity contribution in [2.45, 2.75) is 31.2 Å². The standard InChI is InChI=1S/2C13H8F6O4S2/c2*14-12(15,16)24(20,21)11(25(22,23)13(17,18)19)10-6-5-8-3-1-2-4-9(8)7-10/h2*1-7,11H. The van der Waals surface area contributed by atoms with Crippen molar-refractivity contribution in [1.29, 1.82) is 0 Å². The molecule has 0 bridgehead atoms. The summed E-state index contributed by atoms with van der Waals surface area (Å²) in [4.78, 5) is 0. The maximum Gasteiger partial charge on any atom is 0.499 e. The minimum absolute atomic E-state index is 0.0831. The molecule has 4 rings (SSSR count). The zero-order valence-corrected chi connectivity index (χ0v) is 26.9. The van der Waals surface area contributed by atoms with Gasteiger partial charge in [-0.15, -0.1) is 0 Å². The van der Waals surface area contributed by atoms with E-state index in [1.807, 2.05) is 0 Å². The van der Waals surface area contributed by atoms with E-state index in [1.165, 1.54) is 48.5 Å². The monoisotopic (exact) mass is 812 g/mol. The van der Waals surface area contributed by atoms with Crippen LogP contribution in [0.15, 0.2) is 84.9 Å². The second-order valence-electron chi connectivity index (χ2n) is 9.84. The van der Waals surface area contributed by atoms with Crippen LogP contribution in [0.5, 0.6) is 0 Å². The van der Waals surface area contributed by atoms with Gasteiger partial charge in [-0.1, -0.05) is 72.8 Å². The van der Waals surface area contributed by atoms with E-state index in [0.717, 1.165) is 12.1 Å². The third kappa shape index (κ3) is 7.66. The van der Waals surface area contributed by atoms with E-state index in [1.54, 1.807) is 0 Å². The van der Waals surface area contributed by atoms with Gasteiger partial charge in [-0.25, -0.2) is 33.7 Å². The summed E-state index contributed by atoms with van der Waals surface area (Å²) in [6, 6.07) is 16.0. The molecule has 0 aliphatic heterocycles. The summed E-state index contributed by atoms with van der Waals surface area (Å²) in [6.45, 7) is 0. The molecule has 8 nitrogen and oxygen atoms in total. The molecular formula is C26H16F12O8S4. The molecule has 0 saturated heterocycles. The Balaban J connectivity index is 0.000000270. The van der Waals surface area contributed by atoms with Gasteiger partial charge in [0.25, 0.3) is 39.3 Å². The van der Waals surface area contributed by atoms with Crippen molar-refractivity contribution in [3.63, 3.8) is 0 Å². The minimum Gasteiger partial charge on any atom is -0.218 e. The van der Waals surface area contributed by atoms with Crippen LogP contribution < -0.4 is 0 Å². The Morgan fingerprint density at radius 3 is 0.780 bits per heavy atom. The SMILES string of the molecule is O=S(=O)(C(c1ccc2ccccc2c1)S(=O)(=O)C(F)(F)F)C(F)(F)F.O=S(=O)(C(c1ccc2ccccc2c1)S(=O)(=O)C(F)(F)F)C(F)(F)F. The van der Waals surface area contributed by atoms with Crippen LogP contribution in [-0.4, -0.2) is 55.7 Å². The van der Waals surface area contributed by atoms with E-state index in [-0.39, 0.29) is 10.8 Å². The Kier molecular flexibility index (Phi) is 10.7. The normalized spacial score (nSPS) is 14.2. The molecule has 0 atom stereocenters. The molecular weight excluding hydrogens is 797 g/mol. The summed E-state index contributed by atoms with van der Waals surface area (Å²) in [5, 5.41) is 0.914. The van der Waals surface area contributed by atoms with Crippen molar-refractivity contribution in [3.05, 3.63) is 96.1 Å². The second-order valence-corrected chi connectivity index (χ2v) is 18.5. The molecule has 0 unspecified atom stereocenters. The van der Waals surface area contributed by atoms with Crippen molar-refractivity contribution < 1.29 is 86.4 Å². The molecule has 24 heteroatoms. The maximum atomic E-state index is 12.8. The third-order valence-corrected chi connectivity index (χ3v) is 15.5. The summed E-state index contributed by atoms with van der Waals surface area (Å²) in [5.41, 5.74) is -27.1. The Morgan fingerprint density at radius 1 is 0.340 bits per heavy atom. The second kappa shape index (κ2) is 13.2. The molecule has 276 valence electrons. The Bertz CT molecular complexity index is 2090. The van der Waals surface area contributed by atoms with Crippen molar-refractivity contribution >= 4 is 60.9 Å². The van der Waals surface area contributed by atoms with Gasteiger partial charge in [-0.05, 0) is 44.8 Å². The van der Waals surface area contributed by atoms with Crippen molar-refractivity contribution in [1.82, 2.24) is 0 Å². The topological polar surface area (TPSA) is 137 Å².